The van der Waals surface area contributed by atoms with Crippen molar-refractivity contribution in [2.24, 2.45) is 5.73 Å². The lowest BCUT2D eigenvalue weighted by Gasteiger charge is -2.20. The van der Waals surface area contributed by atoms with Crippen LogP contribution in [-0.4, -0.2) is 17.0 Å². The summed E-state index contributed by atoms with van der Waals surface area (Å²) in [6.45, 7) is 4.01. The summed E-state index contributed by atoms with van der Waals surface area (Å²) in [6, 6.07) is 15.1. The number of carbonyl (C=O) groups is 2. The molecule has 0 aliphatic rings. The molecule has 0 spiro atoms. The molecule has 0 saturated carbocycles. The lowest BCUT2D eigenvalue weighted by atomic mass is 10.1. The summed E-state index contributed by atoms with van der Waals surface area (Å²) in [5.74, 6) is -2.21. The van der Waals surface area contributed by atoms with Gasteiger partial charge >= 0.3 is 11.8 Å². The first-order valence-electron chi connectivity index (χ1n) is 7.47. The lowest BCUT2D eigenvalue weighted by Crippen LogP contribution is -2.40. The van der Waals surface area contributed by atoms with Crippen LogP contribution < -0.4 is 5.73 Å². The minimum atomic E-state index is -1.15. The molecule has 0 atom stereocenters. The Kier molecular flexibility index (Phi) is 6.06. The van der Waals surface area contributed by atoms with Gasteiger partial charge in [-0.25, -0.2) is 9.68 Å². The monoisotopic (exact) mass is 328 g/mol. The highest BCUT2D eigenvalue weighted by molar-refractivity contribution is 6.33. The lowest BCUT2D eigenvalue weighted by molar-refractivity contribution is -0.350. The molecule has 0 aromatic heterocycles. The Balaban J connectivity index is 2.05. The van der Waals surface area contributed by atoms with Gasteiger partial charge in [0.15, 0.2) is 0 Å². The van der Waals surface area contributed by atoms with Gasteiger partial charge in [0.1, 0.15) is 13.2 Å². The second kappa shape index (κ2) is 8.24. The molecule has 0 heterocycles. The maximum atomic E-state index is 11.9. The zero-order chi connectivity index (χ0) is 17.5. The summed E-state index contributed by atoms with van der Waals surface area (Å²) in [4.78, 5) is 33.7. The Hall–Kier alpha value is -2.70. The summed E-state index contributed by atoms with van der Waals surface area (Å²) < 4.78 is 0. The zero-order valence-electron chi connectivity index (χ0n) is 13.7. The molecule has 0 unspecified atom stereocenters. The Morgan fingerprint density at radius 2 is 1.29 bits per heavy atom. The van der Waals surface area contributed by atoms with E-state index in [1.165, 1.54) is 0 Å². The molecule has 0 radical (unpaired) electrons. The van der Waals surface area contributed by atoms with Crippen molar-refractivity contribution < 1.29 is 19.3 Å². The third-order valence-corrected chi connectivity index (χ3v) is 3.57. The predicted octanol–water partition coefficient (Wildman–Crippen LogP) is 2.18. The SMILES string of the molecule is Cc1ccccc1CON(OCc1ccccc1C)C(=O)C(N)=O. The molecule has 6 nitrogen and oxygen atoms in total. The fraction of sp³-hybridized carbons (Fsp3) is 0.222. The van der Waals surface area contributed by atoms with E-state index in [2.05, 4.69) is 0 Å². The summed E-state index contributed by atoms with van der Waals surface area (Å²) in [5, 5.41) is 0.557. The topological polar surface area (TPSA) is 81.9 Å². The molecule has 24 heavy (non-hydrogen) atoms. The maximum Gasteiger partial charge on any atom is 0.361 e. The Morgan fingerprint density at radius 1 is 0.875 bits per heavy atom. The molecule has 2 amide bonds. The number of hydrogen-bond acceptors (Lipinski definition) is 4. The third-order valence-electron chi connectivity index (χ3n) is 3.57. The van der Waals surface area contributed by atoms with Gasteiger partial charge in [0.2, 0.25) is 0 Å². The van der Waals surface area contributed by atoms with Crippen molar-refractivity contribution in [3.8, 4) is 0 Å². The van der Waals surface area contributed by atoms with E-state index < -0.39 is 11.8 Å². The fourth-order valence-electron chi connectivity index (χ4n) is 2.04. The molecule has 0 saturated heterocycles. The van der Waals surface area contributed by atoms with Crippen molar-refractivity contribution in [1.29, 1.82) is 0 Å². The van der Waals surface area contributed by atoms with Gasteiger partial charge in [-0.05, 0) is 36.1 Å². The number of aryl methyl sites for hydroxylation is 2. The van der Waals surface area contributed by atoms with E-state index in [1.807, 2.05) is 62.4 Å². The minimum Gasteiger partial charge on any atom is -0.361 e. The second-order valence-corrected chi connectivity index (χ2v) is 5.33. The van der Waals surface area contributed by atoms with E-state index in [0.29, 0.717) is 5.23 Å². The van der Waals surface area contributed by atoms with Gasteiger partial charge in [0, 0.05) is 0 Å². The predicted molar refractivity (Wildman–Crippen MR) is 88.0 cm³/mol. The summed E-state index contributed by atoms with van der Waals surface area (Å²) in [5.41, 5.74) is 8.80. The van der Waals surface area contributed by atoms with Gasteiger partial charge in [0.05, 0.1) is 0 Å². The number of hydroxylamine groups is 2. The highest BCUT2D eigenvalue weighted by atomic mass is 17.0. The van der Waals surface area contributed by atoms with Crippen LogP contribution in [0.25, 0.3) is 0 Å². The van der Waals surface area contributed by atoms with Gasteiger partial charge in [-0.1, -0.05) is 53.8 Å². The largest absolute Gasteiger partial charge is 0.361 e. The van der Waals surface area contributed by atoms with Crippen molar-refractivity contribution in [3.05, 3.63) is 70.8 Å². The number of nitrogens with two attached hydrogens (primary N) is 1. The first-order valence-corrected chi connectivity index (χ1v) is 7.47. The molecule has 2 rings (SSSR count). The van der Waals surface area contributed by atoms with Crippen molar-refractivity contribution >= 4 is 11.8 Å². The second-order valence-electron chi connectivity index (χ2n) is 5.33. The number of amides is 2. The molecule has 2 aromatic carbocycles. The summed E-state index contributed by atoms with van der Waals surface area (Å²) in [7, 11) is 0. The van der Waals surface area contributed by atoms with Crippen LogP contribution in [0.1, 0.15) is 22.3 Å². The van der Waals surface area contributed by atoms with E-state index in [4.69, 9.17) is 15.4 Å². The number of nitrogens with zero attached hydrogens (tertiary/aromatic N) is 1. The zero-order valence-corrected chi connectivity index (χ0v) is 13.7. The number of rotatable bonds is 6. The molecule has 6 heteroatoms. The van der Waals surface area contributed by atoms with E-state index in [-0.39, 0.29) is 13.2 Å². The van der Waals surface area contributed by atoms with Crippen LogP contribution in [0.5, 0.6) is 0 Å². The van der Waals surface area contributed by atoms with Gasteiger partial charge in [-0.15, -0.1) is 0 Å². The van der Waals surface area contributed by atoms with Crippen LogP contribution in [0.15, 0.2) is 48.5 Å². The first-order chi connectivity index (χ1) is 11.5. The number of benzene rings is 2. The highest BCUT2D eigenvalue weighted by Crippen LogP contribution is 2.13. The molecular weight excluding hydrogens is 308 g/mol. The molecule has 0 bridgehead atoms. The van der Waals surface area contributed by atoms with Crippen molar-refractivity contribution in [1.82, 2.24) is 5.23 Å². The quantitative estimate of drug-likeness (QED) is 0.651. The smallest absolute Gasteiger partial charge is 0.361 e. The standard InChI is InChI=1S/C18H20N2O4/c1-13-7-3-5-9-15(13)11-23-20(18(22)17(19)21)24-12-16-10-6-4-8-14(16)2/h3-10H,11-12H2,1-2H3,(H2,19,21). The summed E-state index contributed by atoms with van der Waals surface area (Å²) in [6.07, 6.45) is 0. The van der Waals surface area contributed by atoms with Crippen LogP contribution in [0.3, 0.4) is 0 Å². The van der Waals surface area contributed by atoms with Gasteiger partial charge < -0.3 is 5.73 Å². The normalized spacial score (nSPS) is 10.4. The number of hydrogen-bond donors (Lipinski definition) is 1. The van der Waals surface area contributed by atoms with Crippen LogP contribution in [0.4, 0.5) is 0 Å². The van der Waals surface area contributed by atoms with Crippen LogP contribution in [-0.2, 0) is 32.5 Å². The fourth-order valence-corrected chi connectivity index (χ4v) is 2.04. The van der Waals surface area contributed by atoms with Crippen molar-refractivity contribution in [2.75, 3.05) is 0 Å². The molecular formula is C18H20N2O4. The van der Waals surface area contributed by atoms with Gasteiger partial charge in [-0.2, -0.15) is 0 Å². The first kappa shape index (κ1) is 17.7. The maximum absolute atomic E-state index is 11.9. The number of carbonyl (C=O) groups excluding carboxylic acids is 2. The third kappa shape index (κ3) is 4.65. The van der Waals surface area contributed by atoms with Crippen LogP contribution >= 0.6 is 0 Å². The molecule has 0 aliphatic heterocycles. The van der Waals surface area contributed by atoms with Crippen LogP contribution in [0, 0.1) is 13.8 Å². The van der Waals surface area contributed by atoms with Gasteiger partial charge in [-0.3, -0.25) is 9.59 Å². The number of primary amides is 1. The molecule has 126 valence electrons. The van der Waals surface area contributed by atoms with Crippen LogP contribution in [0.2, 0.25) is 0 Å². The Morgan fingerprint density at radius 3 is 1.67 bits per heavy atom. The highest BCUT2D eigenvalue weighted by Gasteiger charge is 2.22. The van der Waals surface area contributed by atoms with Crippen molar-refractivity contribution in [3.63, 3.8) is 0 Å². The van der Waals surface area contributed by atoms with E-state index in [1.54, 1.807) is 0 Å². The van der Waals surface area contributed by atoms with Crippen molar-refractivity contribution in [2.45, 2.75) is 27.1 Å². The summed E-state index contributed by atoms with van der Waals surface area (Å²) >= 11 is 0. The minimum absolute atomic E-state index is 0.0828. The molecule has 0 fully saturated rings. The molecule has 2 aromatic rings. The van der Waals surface area contributed by atoms with E-state index >= 15 is 0 Å². The van der Waals surface area contributed by atoms with E-state index in [9.17, 15) is 9.59 Å². The van der Waals surface area contributed by atoms with E-state index in [0.717, 1.165) is 22.3 Å². The van der Waals surface area contributed by atoms with Gasteiger partial charge in [0.25, 0.3) is 0 Å². The average Bonchev–Trinajstić information content (AvgIpc) is 2.57. The Bertz CT molecular complexity index is 681. The molecule has 2 N–H and O–H groups in total. The average molecular weight is 328 g/mol. The Labute approximate surface area is 140 Å². The molecule has 0 aliphatic carbocycles.